The topological polar surface area (TPSA) is 70.7 Å². The highest BCUT2D eigenvalue weighted by atomic mass is 16.1. The second-order valence-corrected chi connectivity index (χ2v) is 5.73. The van der Waals surface area contributed by atoms with Crippen LogP contribution in [0, 0.1) is 0 Å². The van der Waals surface area contributed by atoms with Gasteiger partial charge in [0, 0.05) is 30.1 Å². The molecule has 2 aromatic heterocycles. The molecular weight excluding hydrogens is 312 g/mol. The predicted molar refractivity (Wildman–Crippen MR) is 96.9 cm³/mol. The highest BCUT2D eigenvalue weighted by Crippen LogP contribution is 2.21. The molecule has 5 nitrogen and oxygen atoms in total. The zero-order valence-corrected chi connectivity index (χ0v) is 13.4. The van der Waals surface area contributed by atoms with Crippen LogP contribution in [0.4, 0.5) is 0 Å². The molecule has 0 radical (unpaired) electrons. The maximum atomic E-state index is 12.4. The quantitative estimate of drug-likeness (QED) is 0.602. The van der Waals surface area contributed by atoms with Crippen LogP contribution in [0.15, 0.2) is 73.1 Å². The molecule has 2 heterocycles. The molecule has 0 aliphatic carbocycles. The molecule has 122 valence electrons. The average molecular weight is 328 g/mol. The summed E-state index contributed by atoms with van der Waals surface area (Å²) in [7, 11) is 0. The third-order valence-electron chi connectivity index (χ3n) is 3.97. The number of carbonyl (C=O) groups excluding carboxylic acids is 1. The molecule has 0 atom stereocenters. The number of amides is 1. The molecule has 1 amide bonds. The molecule has 0 saturated heterocycles. The van der Waals surface area contributed by atoms with Crippen molar-refractivity contribution in [3.63, 3.8) is 0 Å². The number of H-pyrrole nitrogens is 1. The van der Waals surface area contributed by atoms with E-state index in [-0.39, 0.29) is 5.91 Å². The first-order valence-corrected chi connectivity index (χ1v) is 8.02. The normalized spacial score (nSPS) is 10.7. The van der Waals surface area contributed by atoms with Crippen LogP contribution in [0.2, 0.25) is 0 Å². The number of aromatic amines is 1. The molecule has 2 aromatic carbocycles. The van der Waals surface area contributed by atoms with E-state index >= 15 is 0 Å². The van der Waals surface area contributed by atoms with Gasteiger partial charge in [0.1, 0.15) is 5.82 Å². The van der Waals surface area contributed by atoms with Crippen molar-refractivity contribution in [1.82, 2.24) is 20.3 Å². The number of fused-ring (bicyclic) bond motifs is 1. The van der Waals surface area contributed by atoms with E-state index in [1.54, 1.807) is 18.5 Å². The van der Waals surface area contributed by atoms with Crippen molar-refractivity contribution in [3.05, 3.63) is 84.2 Å². The number of rotatable bonds is 4. The van der Waals surface area contributed by atoms with Crippen LogP contribution in [-0.4, -0.2) is 20.9 Å². The molecule has 0 aliphatic heterocycles. The Labute approximate surface area is 144 Å². The highest BCUT2D eigenvalue weighted by molar-refractivity contribution is 5.97. The molecule has 4 rings (SSSR count). The summed E-state index contributed by atoms with van der Waals surface area (Å²) in [6, 6.07) is 19.2. The number of carbonyl (C=O) groups is 1. The van der Waals surface area contributed by atoms with Gasteiger partial charge in [-0.3, -0.25) is 9.78 Å². The summed E-state index contributed by atoms with van der Waals surface area (Å²) in [6.45, 7) is 0.447. The average Bonchev–Trinajstić information content (AvgIpc) is 3.11. The molecule has 0 aliphatic rings. The zero-order chi connectivity index (χ0) is 17.1. The van der Waals surface area contributed by atoms with Crippen molar-refractivity contribution in [1.29, 1.82) is 0 Å². The van der Waals surface area contributed by atoms with Crippen LogP contribution in [0.3, 0.4) is 0 Å². The molecule has 0 fully saturated rings. The van der Waals surface area contributed by atoms with Gasteiger partial charge in [0.25, 0.3) is 5.91 Å². The lowest BCUT2D eigenvalue weighted by atomic mass is 10.2. The Morgan fingerprint density at radius 1 is 1.04 bits per heavy atom. The van der Waals surface area contributed by atoms with Gasteiger partial charge in [-0.05, 0) is 29.8 Å². The van der Waals surface area contributed by atoms with E-state index in [1.807, 2.05) is 54.6 Å². The number of hydrogen-bond acceptors (Lipinski definition) is 3. The Morgan fingerprint density at radius 3 is 2.72 bits per heavy atom. The fourth-order valence-corrected chi connectivity index (χ4v) is 2.67. The van der Waals surface area contributed by atoms with Crippen LogP contribution in [0.25, 0.3) is 22.4 Å². The van der Waals surface area contributed by atoms with Crippen molar-refractivity contribution in [2.24, 2.45) is 0 Å². The van der Waals surface area contributed by atoms with E-state index in [9.17, 15) is 4.79 Å². The van der Waals surface area contributed by atoms with Crippen molar-refractivity contribution < 1.29 is 4.79 Å². The first kappa shape index (κ1) is 15.1. The summed E-state index contributed by atoms with van der Waals surface area (Å²) >= 11 is 0. The van der Waals surface area contributed by atoms with Gasteiger partial charge in [0.2, 0.25) is 0 Å². The molecule has 4 aromatic rings. The maximum absolute atomic E-state index is 12.4. The van der Waals surface area contributed by atoms with Crippen molar-refractivity contribution in [2.45, 2.75) is 6.54 Å². The van der Waals surface area contributed by atoms with E-state index in [1.165, 1.54) is 0 Å². The minimum Gasteiger partial charge on any atom is -0.348 e. The number of hydrogen-bond donors (Lipinski definition) is 2. The van der Waals surface area contributed by atoms with E-state index in [0.717, 1.165) is 28.0 Å². The number of nitrogens with zero attached hydrogens (tertiary/aromatic N) is 2. The van der Waals surface area contributed by atoms with Gasteiger partial charge >= 0.3 is 0 Å². The Balaban J connectivity index is 1.55. The van der Waals surface area contributed by atoms with Gasteiger partial charge in [-0.25, -0.2) is 4.98 Å². The molecule has 2 N–H and O–H groups in total. The fraction of sp³-hybridized carbons (Fsp3) is 0.0500. The monoisotopic (exact) mass is 328 g/mol. The van der Waals surface area contributed by atoms with Crippen molar-refractivity contribution >= 4 is 16.9 Å². The smallest absolute Gasteiger partial charge is 0.251 e. The summed E-state index contributed by atoms with van der Waals surface area (Å²) in [5.41, 5.74) is 4.25. The fourth-order valence-electron chi connectivity index (χ4n) is 2.67. The Bertz CT molecular complexity index is 1010. The van der Waals surface area contributed by atoms with Crippen LogP contribution in [0.1, 0.15) is 15.9 Å². The first-order chi connectivity index (χ1) is 12.3. The lowest BCUT2D eigenvalue weighted by Gasteiger charge is -2.05. The Hall–Kier alpha value is -3.47. The second kappa shape index (κ2) is 6.57. The number of nitrogens with one attached hydrogen (secondary N) is 2. The van der Waals surface area contributed by atoms with Crippen molar-refractivity contribution in [3.8, 4) is 11.4 Å². The molecular formula is C20H16N4O. The number of pyridine rings is 1. The maximum Gasteiger partial charge on any atom is 0.251 e. The predicted octanol–water partition coefficient (Wildman–Crippen LogP) is 3.55. The largest absolute Gasteiger partial charge is 0.348 e. The standard InChI is InChI=1S/C20H16N4O/c25-20(22-13-14-5-4-10-21-12-14)16-8-9-17-18(11-16)24-19(23-17)15-6-2-1-3-7-15/h1-12H,13H2,(H,22,25)(H,23,24). The van der Waals surface area contributed by atoms with Gasteiger partial charge in [-0.1, -0.05) is 36.4 Å². The van der Waals surface area contributed by atoms with Gasteiger partial charge < -0.3 is 10.3 Å². The summed E-state index contributed by atoms with van der Waals surface area (Å²) in [5, 5.41) is 2.91. The number of imidazole rings is 1. The lowest BCUT2D eigenvalue weighted by molar-refractivity contribution is 0.0951. The molecule has 25 heavy (non-hydrogen) atoms. The molecule has 0 saturated carbocycles. The van der Waals surface area contributed by atoms with Crippen LogP contribution < -0.4 is 5.32 Å². The van der Waals surface area contributed by atoms with E-state index < -0.39 is 0 Å². The third-order valence-corrected chi connectivity index (χ3v) is 3.97. The second-order valence-electron chi connectivity index (χ2n) is 5.73. The van der Waals surface area contributed by atoms with Crippen LogP contribution >= 0.6 is 0 Å². The summed E-state index contributed by atoms with van der Waals surface area (Å²) in [5.74, 6) is 0.671. The van der Waals surface area contributed by atoms with Gasteiger partial charge in [0.15, 0.2) is 0 Å². The summed E-state index contributed by atoms with van der Waals surface area (Å²) < 4.78 is 0. The van der Waals surface area contributed by atoms with Gasteiger partial charge in [-0.2, -0.15) is 0 Å². The van der Waals surface area contributed by atoms with E-state index in [0.29, 0.717) is 12.1 Å². The molecule has 5 heteroatoms. The minimum absolute atomic E-state index is 0.124. The van der Waals surface area contributed by atoms with Gasteiger partial charge in [-0.15, -0.1) is 0 Å². The van der Waals surface area contributed by atoms with Crippen molar-refractivity contribution in [2.75, 3.05) is 0 Å². The Kier molecular flexibility index (Phi) is 3.96. The first-order valence-electron chi connectivity index (χ1n) is 8.02. The SMILES string of the molecule is O=C(NCc1cccnc1)c1ccc2nc(-c3ccccc3)[nH]c2c1. The molecule has 0 spiro atoms. The Morgan fingerprint density at radius 2 is 1.92 bits per heavy atom. The molecule has 0 bridgehead atoms. The van der Waals surface area contributed by atoms with E-state index in [2.05, 4.69) is 20.3 Å². The van der Waals surface area contributed by atoms with Crippen LogP contribution in [-0.2, 0) is 6.54 Å². The number of aromatic nitrogens is 3. The summed E-state index contributed by atoms with van der Waals surface area (Å²) in [6.07, 6.45) is 3.45. The zero-order valence-electron chi connectivity index (χ0n) is 13.4. The lowest BCUT2D eigenvalue weighted by Crippen LogP contribution is -2.22. The van der Waals surface area contributed by atoms with Gasteiger partial charge in [0.05, 0.1) is 11.0 Å². The van der Waals surface area contributed by atoms with E-state index in [4.69, 9.17) is 0 Å². The van der Waals surface area contributed by atoms with Crippen LogP contribution in [0.5, 0.6) is 0 Å². The minimum atomic E-state index is -0.124. The molecule has 0 unspecified atom stereocenters. The highest BCUT2D eigenvalue weighted by Gasteiger charge is 2.10. The summed E-state index contributed by atoms with van der Waals surface area (Å²) in [4.78, 5) is 24.3. The number of benzene rings is 2. The third kappa shape index (κ3) is 3.26.